The molecule has 4 nitrogen and oxygen atoms in total. The zero-order valence-corrected chi connectivity index (χ0v) is 12.1. The predicted molar refractivity (Wildman–Crippen MR) is 81.0 cm³/mol. The van der Waals surface area contributed by atoms with Crippen molar-refractivity contribution in [3.05, 3.63) is 59.2 Å². The number of anilines is 1. The number of benzene rings is 1. The van der Waals surface area contributed by atoms with Crippen molar-refractivity contribution in [1.82, 2.24) is 10.3 Å². The second kappa shape index (κ2) is 6.83. The maximum atomic E-state index is 13.5. The van der Waals surface area contributed by atoms with Crippen molar-refractivity contribution >= 4 is 11.6 Å². The lowest BCUT2D eigenvalue weighted by molar-refractivity contribution is 0.0954. The molecule has 1 aromatic heterocycles. The number of pyridine rings is 1. The van der Waals surface area contributed by atoms with Crippen molar-refractivity contribution in [2.75, 3.05) is 18.9 Å². The molecule has 1 amide bonds. The van der Waals surface area contributed by atoms with Gasteiger partial charge in [0.05, 0.1) is 11.3 Å². The Morgan fingerprint density at radius 3 is 2.81 bits per heavy atom. The first-order valence-electron chi connectivity index (χ1n) is 6.78. The van der Waals surface area contributed by atoms with E-state index in [1.165, 1.54) is 6.07 Å². The molecule has 0 bridgehead atoms. The van der Waals surface area contributed by atoms with Gasteiger partial charge in [0.1, 0.15) is 5.82 Å². The zero-order valence-electron chi connectivity index (χ0n) is 12.1. The van der Waals surface area contributed by atoms with E-state index < -0.39 is 0 Å². The molecule has 0 atom stereocenters. The van der Waals surface area contributed by atoms with E-state index >= 15 is 0 Å². The van der Waals surface area contributed by atoms with Gasteiger partial charge in [-0.2, -0.15) is 0 Å². The van der Waals surface area contributed by atoms with Crippen LogP contribution in [0.2, 0.25) is 0 Å². The van der Waals surface area contributed by atoms with Crippen molar-refractivity contribution in [1.29, 1.82) is 0 Å². The van der Waals surface area contributed by atoms with Crippen molar-refractivity contribution in [2.45, 2.75) is 13.3 Å². The number of hydrogen-bond donors (Lipinski definition) is 2. The number of aromatic nitrogens is 1. The van der Waals surface area contributed by atoms with E-state index in [4.69, 9.17) is 0 Å². The minimum Gasteiger partial charge on any atom is -0.387 e. The highest BCUT2D eigenvalue weighted by Gasteiger charge is 2.11. The van der Waals surface area contributed by atoms with Crippen molar-refractivity contribution in [3.63, 3.8) is 0 Å². The van der Waals surface area contributed by atoms with Crippen molar-refractivity contribution < 1.29 is 9.18 Å². The largest absolute Gasteiger partial charge is 0.387 e. The normalized spacial score (nSPS) is 10.2. The summed E-state index contributed by atoms with van der Waals surface area (Å²) in [5, 5.41) is 5.76. The van der Waals surface area contributed by atoms with E-state index in [-0.39, 0.29) is 11.7 Å². The SMILES string of the molecule is CNc1cc(C)ncc1C(=O)NCCc1ccccc1F. The molecule has 5 heteroatoms. The molecule has 2 N–H and O–H groups in total. The van der Waals surface area contributed by atoms with Gasteiger partial charge in [-0.05, 0) is 31.0 Å². The number of hydrogen-bond acceptors (Lipinski definition) is 3. The Kier molecular flexibility index (Phi) is 4.87. The average molecular weight is 287 g/mol. The molecule has 1 heterocycles. The fourth-order valence-electron chi connectivity index (χ4n) is 2.05. The van der Waals surface area contributed by atoms with Gasteiger partial charge in [0.25, 0.3) is 5.91 Å². The lowest BCUT2D eigenvalue weighted by atomic mass is 10.1. The molecule has 21 heavy (non-hydrogen) atoms. The van der Waals surface area contributed by atoms with Crippen LogP contribution in [-0.4, -0.2) is 24.5 Å². The smallest absolute Gasteiger partial charge is 0.254 e. The Morgan fingerprint density at radius 1 is 1.33 bits per heavy atom. The van der Waals surface area contributed by atoms with E-state index in [0.717, 1.165) is 11.4 Å². The number of nitrogens with one attached hydrogen (secondary N) is 2. The second-order valence-electron chi connectivity index (χ2n) is 4.72. The van der Waals surface area contributed by atoms with Gasteiger partial charge in [0, 0.05) is 25.5 Å². The molecule has 0 radical (unpaired) electrons. The Bertz CT molecular complexity index is 643. The monoisotopic (exact) mass is 287 g/mol. The van der Waals surface area contributed by atoms with Crippen molar-refractivity contribution in [2.24, 2.45) is 0 Å². The van der Waals surface area contributed by atoms with Gasteiger partial charge >= 0.3 is 0 Å². The van der Waals surface area contributed by atoms with Crippen LogP contribution in [0.5, 0.6) is 0 Å². The van der Waals surface area contributed by atoms with Crippen LogP contribution in [0.1, 0.15) is 21.6 Å². The van der Waals surface area contributed by atoms with E-state index in [9.17, 15) is 9.18 Å². The van der Waals surface area contributed by atoms with Crippen LogP contribution in [0.25, 0.3) is 0 Å². The molecular weight excluding hydrogens is 269 g/mol. The molecule has 0 unspecified atom stereocenters. The molecule has 1 aromatic carbocycles. The minimum atomic E-state index is -0.250. The third-order valence-corrected chi connectivity index (χ3v) is 3.19. The number of nitrogens with zero attached hydrogens (tertiary/aromatic N) is 1. The highest BCUT2D eigenvalue weighted by molar-refractivity contribution is 5.99. The van der Waals surface area contributed by atoms with E-state index in [1.54, 1.807) is 31.4 Å². The molecule has 0 aliphatic heterocycles. The number of aryl methyl sites for hydroxylation is 1. The minimum absolute atomic E-state index is 0.219. The first-order valence-corrected chi connectivity index (χ1v) is 6.78. The van der Waals surface area contributed by atoms with E-state index in [1.807, 2.05) is 13.0 Å². The number of rotatable bonds is 5. The highest BCUT2D eigenvalue weighted by atomic mass is 19.1. The highest BCUT2D eigenvalue weighted by Crippen LogP contribution is 2.14. The maximum absolute atomic E-state index is 13.5. The topological polar surface area (TPSA) is 54.0 Å². The third kappa shape index (κ3) is 3.78. The molecule has 0 aliphatic rings. The van der Waals surface area contributed by atoms with Crippen LogP contribution >= 0.6 is 0 Å². The predicted octanol–water partition coefficient (Wildman–Crippen LogP) is 2.54. The molecule has 0 fully saturated rings. The summed E-state index contributed by atoms with van der Waals surface area (Å²) in [5.41, 5.74) is 2.64. The Hall–Kier alpha value is -2.43. The lowest BCUT2D eigenvalue weighted by Crippen LogP contribution is -2.26. The Labute approximate surface area is 123 Å². The van der Waals surface area contributed by atoms with Gasteiger partial charge in [-0.25, -0.2) is 4.39 Å². The molecule has 2 rings (SSSR count). The molecule has 0 saturated carbocycles. The van der Waals surface area contributed by atoms with E-state index in [2.05, 4.69) is 15.6 Å². The molecule has 0 aliphatic carbocycles. The summed E-state index contributed by atoms with van der Waals surface area (Å²) in [6, 6.07) is 8.37. The fourth-order valence-corrected chi connectivity index (χ4v) is 2.05. The summed E-state index contributed by atoms with van der Waals surface area (Å²) in [6.45, 7) is 2.23. The summed E-state index contributed by atoms with van der Waals surface area (Å²) in [4.78, 5) is 16.3. The summed E-state index contributed by atoms with van der Waals surface area (Å²) in [7, 11) is 1.75. The van der Waals surface area contributed by atoms with Gasteiger partial charge in [-0.15, -0.1) is 0 Å². The Morgan fingerprint density at radius 2 is 2.10 bits per heavy atom. The zero-order chi connectivity index (χ0) is 15.2. The van der Waals surface area contributed by atoms with Gasteiger partial charge < -0.3 is 10.6 Å². The quantitative estimate of drug-likeness (QED) is 0.888. The van der Waals surface area contributed by atoms with Crippen LogP contribution < -0.4 is 10.6 Å². The fraction of sp³-hybridized carbons (Fsp3) is 0.250. The van der Waals surface area contributed by atoms with E-state index in [0.29, 0.717) is 24.1 Å². The van der Waals surface area contributed by atoms with Gasteiger partial charge in [-0.3, -0.25) is 9.78 Å². The first-order chi connectivity index (χ1) is 10.1. The molecular formula is C16H18FN3O. The van der Waals surface area contributed by atoms with Crippen LogP contribution in [0.15, 0.2) is 36.5 Å². The number of carbonyl (C=O) groups excluding carboxylic acids is 1. The number of amides is 1. The average Bonchev–Trinajstić information content (AvgIpc) is 2.48. The molecule has 0 spiro atoms. The second-order valence-corrected chi connectivity index (χ2v) is 4.72. The lowest BCUT2D eigenvalue weighted by Gasteiger charge is -2.10. The Balaban J connectivity index is 1.98. The maximum Gasteiger partial charge on any atom is 0.254 e. The molecule has 110 valence electrons. The summed E-state index contributed by atoms with van der Waals surface area (Å²) >= 11 is 0. The van der Waals surface area contributed by atoms with Crippen molar-refractivity contribution in [3.8, 4) is 0 Å². The van der Waals surface area contributed by atoms with Gasteiger partial charge in [0.15, 0.2) is 0 Å². The molecule has 2 aromatic rings. The summed E-state index contributed by atoms with van der Waals surface area (Å²) < 4.78 is 13.5. The van der Waals surface area contributed by atoms with Crippen LogP contribution in [0, 0.1) is 12.7 Å². The van der Waals surface area contributed by atoms with Gasteiger partial charge in [-0.1, -0.05) is 18.2 Å². The summed E-state index contributed by atoms with van der Waals surface area (Å²) in [5.74, 6) is -0.470. The van der Waals surface area contributed by atoms with Crippen LogP contribution in [-0.2, 0) is 6.42 Å². The van der Waals surface area contributed by atoms with Crippen LogP contribution in [0.4, 0.5) is 10.1 Å². The van der Waals surface area contributed by atoms with Gasteiger partial charge in [0.2, 0.25) is 0 Å². The number of carbonyl (C=O) groups is 1. The number of halogens is 1. The standard InChI is InChI=1S/C16H18FN3O/c1-11-9-15(18-2)13(10-20-11)16(21)19-8-7-12-5-3-4-6-14(12)17/h3-6,9-10H,7-8H2,1-2H3,(H,18,20)(H,19,21). The summed E-state index contributed by atoms with van der Waals surface area (Å²) in [6.07, 6.45) is 1.99. The van der Waals surface area contributed by atoms with Crippen LogP contribution in [0.3, 0.4) is 0 Å². The third-order valence-electron chi connectivity index (χ3n) is 3.19. The first kappa shape index (κ1) is 15.0. The molecule has 0 saturated heterocycles.